The summed E-state index contributed by atoms with van der Waals surface area (Å²) in [4.78, 5) is 16.8. The van der Waals surface area contributed by atoms with Crippen molar-refractivity contribution in [1.82, 2.24) is 4.90 Å². The van der Waals surface area contributed by atoms with Crippen molar-refractivity contribution in [1.29, 1.82) is 5.26 Å². The van der Waals surface area contributed by atoms with E-state index in [1.165, 1.54) is 5.69 Å². The average molecular weight is 438 g/mol. The molecule has 0 aliphatic carbocycles. The number of aliphatic hydroxyl groups excluding tert-OH is 2. The Morgan fingerprint density at radius 3 is 2.31 bits per heavy atom. The summed E-state index contributed by atoms with van der Waals surface area (Å²) in [5.41, 5.74) is 1.86. The normalized spacial score (nSPS) is 22.3. The minimum Gasteiger partial charge on any atom is -0.462 e. The monoisotopic (exact) mass is 437 g/mol. The summed E-state index contributed by atoms with van der Waals surface area (Å²) in [7, 11) is 0. The van der Waals surface area contributed by atoms with Gasteiger partial charge in [-0.15, -0.1) is 0 Å². The lowest BCUT2D eigenvalue weighted by molar-refractivity contribution is -0.151. The third kappa shape index (κ3) is 4.73. The maximum atomic E-state index is 12.4. The lowest BCUT2D eigenvalue weighted by Crippen LogP contribution is -2.46. The third-order valence-electron chi connectivity index (χ3n) is 6.75. The number of piperidine rings is 1. The zero-order valence-electron chi connectivity index (χ0n) is 18.3. The van der Waals surface area contributed by atoms with Gasteiger partial charge in [0.2, 0.25) is 0 Å². The summed E-state index contributed by atoms with van der Waals surface area (Å²) in [5, 5.41) is 29.8. The van der Waals surface area contributed by atoms with Crippen LogP contribution in [0.15, 0.2) is 36.4 Å². The number of hydrogen-bond donors (Lipinski definition) is 2. The van der Waals surface area contributed by atoms with Gasteiger partial charge in [-0.3, -0.25) is 9.69 Å². The highest BCUT2D eigenvalue weighted by atomic mass is 16.5. The van der Waals surface area contributed by atoms with Crippen molar-refractivity contribution in [3.8, 4) is 6.07 Å². The summed E-state index contributed by atoms with van der Waals surface area (Å²) in [6, 6.07) is 15.0. The summed E-state index contributed by atoms with van der Waals surface area (Å²) >= 11 is 0. The first-order valence-electron chi connectivity index (χ1n) is 11.5. The first kappa shape index (κ1) is 22.5. The van der Waals surface area contributed by atoms with Gasteiger partial charge in [0.15, 0.2) is 0 Å². The van der Waals surface area contributed by atoms with E-state index < -0.39 is 0 Å². The van der Waals surface area contributed by atoms with E-state index in [1.807, 2.05) is 29.2 Å². The first-order valence-corrected chi connectivity index (χ1v) is 11.5. The van der Waals surface area contributed by atoms with Gasteiger partial charge in [-0.2, -0.15) is 5.26 Å². The van der Waals surface area contributed by atoms with Gasteiger partial charge in [-0.05, 0) is 25.0 Å². The number of carbonyl (C=O) groups is 1. The van der Waals surface area contributed by atoms with Crippen LogP contribution in [0.25, 0.3) is 10.8 Å². The molecule has 0 aromatic heterocycles. The Hall–Kier alpha value is -2.66. The van der Waals surface area contributed by atoms with Crippen LogP contribution in [-0.2, 0) is 9.53 Å². The van der Waals surface area contributed by atoms with Crippen LogP contribution in [0.1, 0.15) is 37.7 Å². The van der Waals surface area contributed by atoms with E-state index >= 15 is 0 Å². The highest BCUT2D eigenvalue weighted by Gasteiger charge is 2.42. The van der Waals surface area contributed by atoms with E-state index in [1.54, 1.807) is 0 Å². The number of hydrogen-bond acceptors (Lipinski definition) is 7. The fourth-order valence-corrected chi connectivity index (χ4v) is 5.33. The van der Waals surface area contributed by atoms with Crippen molar-refractivity contribution in [2.45, 2.75) is 50.3 Å². The van der Waals surface area contributed by atoms with Crippen LogP contribution in [0.4, 0.5) is 5.69 Å². The predicted molar refractivity (Wildman–Crippen MR) is 122 cm³/mol. The number of rotatable bonds is 9. The average Bonchev–Trinajstić information content (AvgIpc) is 3.06. The molecule has 2 N–H and O–H groups in total. The van der Waals surface area contributed by atoms with Gasteiger partial charge in [0.25, 0.3) is 0 Å². The molecule has 2 aliphatic heterocycles. The molecule has 7 heteroatoms. The molecule has 3 atom stereocenters. The van der Waals surface area contributed by atoms with Crippen LogP contribution < -0.4 is 4.90 Å². The van der Waals surface area contributed by atoms with Crippen LogP contribution in [-0.4, -0.2) is 72.1 Å². The molecule has 2 heterocycles. The Labute approximate surface area is 188 Å². The minimum atomic E-state index is -0.215. The molecule has 0 radical (unpaired) electrons. The zero-order chi connectivity index (χ0) is 22.5. The fraction of sp³-hybridized carbons (Fsp3) is 0.520. The second-order valence-corrected chi connectivity index (χ2v) is 8.70. The van der Waals surface area contributed by atoms with Crippen LogP contribution in [0.3, 0.4) is 0 Å². The number of anilines is 1. The van der Waals surface area contributed by atoms with Crippen molar-refractivity contribution in [2.75, 3.05) is 37.7 Å². The Morgan fingerprint density at radius 1 is 1.03 bits per heavy atom. The molecule has 2 aromatic rings. The van der Waals surface area contributed by atoms with Crippen molar-refractivity contribution in [2.24, 2.45) is 0 Å². The molecule has 0 amide bonds. The zero-order valence-corrected chi connectivity index (χ0v) is 18.3. The van der Waals surface area contributed by atoms with E-state index in [-0.39, 0.29) is 31.7 Å². The van der Waals surface area contributed by atoms with Gasteiger partial charge in [0.1, 0.15) is 6.10 Å². The number of ether oxygens (including phenoxy) is 1. The number of benzene rings is 2. The number of esters is 1. The number of carbonyl (C=O) groups excluding carboxylic acids is 1. The Morgan fingerprint density at radius 2 is 1.69 bits per heavy atom. The molecule has 1 unspecified atom stereocenters. The molecule has 2 aliphatic rings. The summed E-state index contributed by atoms with van der Waals surface area (Å²) in [6.45, 7) is 1.36. The molecule has 4 rings (SSSR count). The minimum absolute atomic E-state index is 0.000889. The van der Waals surface area contributed by atoms with Gasteiger partial charge in [-0.1, -0.05) is 24.3 Å². The molecule has 2 saturated heterocycles. The number of nitrogens with zero attached hydrogens (tertiary/aromatic N) is 3. The van der Waals surface area contributed by atoms with Crippen molar-refractivity contribution in [3.05, 3.63) is 42.0 Å². The maximum absolute atomic E-state index is 12.4. The lowest BCUT2D eigenvalue weighted by Gasteiger charge is -2.40. The van der Waals surface area contributed by atoms with Crippen LogP contribution >= 0.6 is 0 Å². The van der Waals surface area contributed by atoms with E-state index in [0.717, 1.165) is 36.5 Å². The van der Waals surface area contributed by atoms with Crippen molar-refractivity contribution in [3.63, 3.8) is 0 Å². The van der Waals surface area contributed by atoms with E-state index in [0.29, 0.717) is 37.3 Å². The lowest BCUT2D eigenvalue weighted by atomic mass is 9.96. The first-order chi connectivity index (χ1) is 15.6. The van der Waals surface area contributed by atoms with E-state index in [9.17, 15) is 10.1 Å². The number of aliphatic hydroxyl groups is 2. The largest absolute Gasteiger partial charge is 0.462 e. The standard InChI is InChI=1S/C25H31N3O4/c26-17-18-5-8-24(23-4-2-1-3-22(18)23)28-19-6-7-20(28)16-21(15-19)32-25(31)9-10-27(11-13-29)12-14-30/h1-5,8,19-21,29-30H,6-7,9-16H2/t19-,20+,21?. The third-order valence-corrected chi connectivity index (χ3v) is 6.75. The molecule has 0 spiro atoms. The molecule has 7 nitrogen and oxygen atoms in total. The van der Waals surface area contributed by atoms with E-state index in [4.69, 9.17) is 14.9 Å². The molecular formula is C25H31N3O4. The van der Waals surface area contributed by atoms with Crippen molar-refractivity contribution >= 4 is 22.4 Å². The highest BCUT2D eigenvalue weighted by molar-refractivity contribution is 5.98. The molecule has 0 saturated carbocycles. The highest BCUT2D eigenvalue weighted by Crippen LogP contribution is 2.43. The molecule has 2 aromatic carbocycles. The number of fused-ring (bicyclic) bond motifs is 3. The second kappa shape index (κ2) is 10.3. The van der Waals surface area contributed by atoms with Gasteiger partial charge >= 0.3 is 5.97 Å². The van der Waals surface area contributed by atoms with Gasteiger partial charge in [0.05, 0.1) is 31.3 Å². The topological polar surface area (TPSA) is 97.0 Å². The summed E-state index contributed by atoms with van der Waals surface area (Å²) in [6.07, 6.45) is 3.96. The SMILES string of the molecule is N#Cc1ccc(N2[C@@H]3CC[C@H]2CC(OC(=O)CCN(CCO)CCO)C3)c2ccccc12. The van der Waals surface area contributed by atoms with Crippen LogP contribution in [0.5, 0.6) is 0 Å². The Bertz CT molecular complexity index is 969. The fourth-order valence-electron chi connectivity index (χ4n) is 5.33. The van der Waals surface area contributed by atoms with Gasteiger partial charge < -0.3 is 19.8 Å². The molecular weight excluding hydrogens is 406 g/mol. The van der Waals surface area contributed by atoms with E-state index in [2.05, 4.69) is 23.1 Å². The summed E-state index contributed by atoms with van der Waals surface area (Å²) in [5.74, 6) is -0.215. The van der Waals surface area contributed by atoms with Crippen molar-refractivity contribution < 1.29 is 19.7 Å². The van der Waals surface area contributed by atoms with Gasteiger partial charge in [0, 0.05) is 61.0 Å². The Balaban J connectivity index is 1.41. The van der Waals surface area contributed by atoms with Crippen LogP contribution in [0, 0.1) is 11.3 Å². The molecule has 170 valence electrons. The molecule has 32 heavy (non-hydrogen) atoms. The molecule has 2 bridgehead atoms. The number of nitriles is 1. The molecule has 2 fully saturated rings. The smallest absolute Gasteiger partial charge is 0.307 e. The Kier molecular flexibility index (Phi) is 7.26. The van der Waals surface area contributed by atoms with Gasteiger partial charge in [-0.25, -0.2) is 0 Å². The quantitative estimate of drug-likeness (QED) is 0.582. The predicted octanol–water partition coefficient (Wildman–Crippen LogP) is 2.43. The maximum Gasteiger partial charge on any atom is 0.307 e. The summed E-state index contributed by atoms with van der Waals surface area (Å²) < 4.78 is 5.83. The second-order valence-electron chi connectivity index (χ2n) is 8.70. The van der Waals surface area contributed by atoms with Crippen LogP contribution in [0.2, 0.25) is 0 Å².